The van der Waals surface area contributed by atoms with Crippen molar-refractivity contribution in [2.75, 3.05) is 25.4 Å². The Kier molecular flexibility index (Phi) is 5.60. The summed E-state index contributed by atoms with van der Waals surface area (Å²) in [5, 5.41) is 0.782. The van der Waals surface area contributed by atoms with Gasteiger partial charge in [0, 0.05) is 17.3 Å². The number of piperidine rings is 1. The Morgan fingerprint density at radius 2 is 1.83 bits per heavy atom. The van der Waals surface area contributed by atoms with Crippen LogP contribution in [0.1, 0.15) is 35.4 Å². The lowest BCUT2D eigenvalue weighted by atomic mass is 9.87. The number of hydrogen-bond donors (Lipinski definition) is 1. The van der Waals surface area contributed by atoms with Crippen LogP contribution in [0.4, 0.5) is 5.69 Å². The highest BCUT2D eigenvalue weighted by Crippen LogP contribution is 2.32. The van der Waals surface area contributed by atoms with E-state index < -0.39 is 0 Å². The molecule has 1 fully saturated rings. The molecule has 0 atom stereocenters. The van der Waals surface area contributed by atoms with Gasteiger partial charge in [0.1, 0.15) is 0 Å². The first-order valence-electron chi connectivity index (χ1n) is 8.62. The zero-order valence-corrected chi connectivity index (χ0v) is 15.0. The predicted octanol–water partition coefficient (Wildman–Crippen LogP) is 5.12. The molecule has 3 heteroatoms. The summed E-state index contributed by atoms with van der Waals surface area (Å²) in [5.74, 6) is 0.599. The minimum Gasteiger partial charge on any atom is -0.398 e. The van der Waals surface area contributed by atoms with Crippen LogP contribution in [-0.4, -0.2) is 24.5 Å². The molecular weight excluding hydrogens is 316 g/mol. The monoisotopic (exact) mass is 340 g/mol. The standard InChI is InChI=1S/C21H25ClN2/c1-16-4-9-21(23)20(15-16)18-10-13-24(14-11-18)12-2-3-17-5-7-19(22)8-6-17/h2-9,15,18H,10-14,23H2,1H3/b3-2+. The van der Waals surface area contributed by atoms with Crippen molar-refractivity contribution in [3.8, 4) is 0 Å². The minimum atomic E-state index is 0.599. The number of hydrogen-bond acceptors (Lipinski definition) is 2. The number of aryl methyl sites for hydroxylation is 1. The van der Waals surface area contributed by atoms with E-state index in [2.05, 4.69) is 36.1 Å². The largest absolute Gasteiger partial charge is 0.398 e. The van der Waals surface area contributed by atoms with E-state index in [1.807, 2.05) is 30.3 Å². The van der Waals surface area contributed by atoms with E-state index in [1.54, 1.807) is 0 Å². The fraction of sp³-hybridized carbons (Fsp3) is 0.333. The van der Waals surface area contributed by atoms with Crippen LogP contribution >= 0.6 is 11.6 Å². The summed E-state index contributed by atoms with van der Waals surface area (Å²) in [6.45, 7) is 5.39. The van der Waals surface area contributed by atoms with Gasteiger partial charge < -0.3 is 5.73 Å². The van der Waals surface area contributed by atoms with Crippen LogP contribution in [0.2, 0.25) is 5.02 Å². The molecule has 0 aliphatic carbocycles. The van der Waals surface area contributed by atoms with Crippen LogP contribution in [-0.2, 0) is 0 Å². The van der Waals surface area contributed by atoms with Crippen molar-refractivity contribution in [3.63, 3.8) is 0 Å². The molecule has 0 unspecified atom stereocenters. The summed E-state index contributed by atoms with van der Waals surface area (Å²) in [6, 6.07) is 14.4. The fourth-order valence-corrected chi connectivity index (χ4v) is 3.51. The van der Waals surface area contributed by atoms with Gasteiger partial charge in [-0.2, -0.15) is 0 Å². The molecule has 126 valence electrons. The Morgan fingerprint density at radius 3 is 2.54 bits per heavy atom. The van der Waals surface area contributed by atoms with E-state index >= 15 is 0 Å². The Labute approximate surface area is 149 Å². The Balaban J connectivity index is 1.52. The average molecular weight is 341 g/mol. The third-order valence-corrected chi connectivity index (χ3v) is 5.07. The number of likely N-dealkylation sites (tertiary alicyclic amines) is 1. The van der Waals surface area contributed by atoms with Gasteiger partial charge in [-0.25, -0.2) is 0 Å². The number of nitrogens with zero attached hydrogens (tertiary/aromatic N) is 1. The summed E-state index contributed by atoms with van der Waals surface area (Å²) in [4.78, 5) is 2.51. The van der Waals surface area contributed by atoms with Gasteiger partial charge in [0.05, 0.1) is 0 Å². The number of nitrogens with two attached hydrogens (primary N) is 1. The van der Waals surface area contributed by atoms with Gasteiger partial charge in [-0.1, -0.05) is 53.6 Å². The summed E-state index contributed by atoms with van der Waals surface area (Å²) in [7, 11) is 0. The highest BCUT2D eigenvalue weighted by Gasteiger charge is 2.21. The zero-order valence-electron chi connectivity index (χ0n) is 14.2. The second-order valence-corrected chi connectivity index (χ2v) is 7.10. The first kappa shape index (κ1) is 17.1. The first-order chi connectivity index (χ1) is 11.6. The van der Waals surface area contributed by atoms with E-state index in [1.165, 1.54) is 29.5 Å². The van der Waals surface area contributed by atoms with Gasteiger partial charge in [0.2, 0.25) is 0 Å². The molecule has 2 aromatic carbocycles. The number of benzene rings is 2. The molecule has 0 saturated carbocycles. The number of rotatable bonds is 4. The molecule has 1 saturated heterocycles. The van der Waals surface area contributed by atoms with E-state index in [4.69, 9.17) is 17.3 Å². The van der Waals surface area contributed by atoms with E-state index in [0.717, 1.165) is 30.3 Å². The third-order valence-electron chi connectivity index (χ3n) is 4.81. The lowest BCUT2D eigenvalue weighted by molar-refractivity contribution is 0.233. The van der Waals surface area contributed by atoms with Crippen molar-refractivity contribution in [1.82, 2.24) is 4.90 Å². The number of anilines is 1. The topological polar surface area (TPSA) is 29.3 Å². The molecule has 2 N–H and O–H groups in total. The number of halogens is 1. The van der Waals surface area contributed by atoms with Crippen LogP contribution < -0.4 is 5.73 Å². The highest BCUT2D eigenvalue weighted by molar-refractivity contribution is 6.30. The van der Waals surface area contributed by atoms with Crippen LogP contribution in [0.15, 0.2) is 48.5 Å². The van der Waals surface area contributed by atoms with Crippen molar-refractivity contribution < 1.29 is 0 Å². The van der Waals surface area contributed by atoms with Gasteiger partial charge >= 0.3 is 0 Å². The third kappa shape index (κ3) is 4.40. The minimum absolute atomic E-state index is 0.599. The van der Waals surface area contributed by atoms with Crippen molar-refractivity contribution in [3.05, 3.63) is 70.3 Å². The van der Waals surface area contributed by atoms with Crippen molar-refractivity contribution in [2.45, 2.75) is 25.7 Å². The van der Waals surface area contributed by atoms with Crippen LogP contribution in [0.3, 0.4) is 0 Å². The molecule has 0 spiro atoms. The SMILES string of the molecule is Cc1ccc(N)c(C2CCN(C/C=C/c3ccc(Cl)cc3)CC2)c1. The molecule has 0 radical (unpaired) electrons. The quantitative estimate of drug-likeness (QED) is 0.782. The van der Waals surface area contributed by atoms with Crippen molar-refractivity contribution in [1.29, 1.82) is 0 Å². The van der Waals surface area contributed by atoms with Crippen molar-refractivity contribution >= 4 is 23.4 Å². The molecule has 2 nitrogen and oxygen atoms in total. The van der Waals surface area contributed by atoms with Crippen molar-refractivity contribution in [2.24, 2.45) is 0 Å². The van der Waals surface area contributed by atoms with Crippen LogP contribution in [0.5, 0.6) is 0 Å². The van der Waals surface area contributed by atoms with Gasteiger partial charge in [-0.15, -0.1) is 0 Å². The molecule has 0 bridgehead atoms. The zero-order chi connectivity index (χ0) is 16.9. The molecule has 3 rings (SSSR count). The second-order valence-electron chi connectivity index (χ2n) is 6.66. The van der Waals surface area contributed by atoms with Crippen LogP contribution in [0, 0.1) is 6.92 Å². The maximum Gasteiger partial charge on any atom is 0.0406 e. The molecule has 2 aromatic rings. The maximum absolute atomic E-state index is 6.18. The first-order valence-corrected chi connectivity index (χ1v) is 9.00. The highest BCUT2D eigenvalue weighted by atomic mass is 35.5. The average Bonchev–Trinajstić information content (AvgIpc) is 2.59. The predicted molar refractivity (Wildman–Crippen MR) is 104 cm³/mol. The summed E-state index contributed by atoms with van der Waals surface area (Å²) >= 11 is 5.91. The van der Waals surface area contributed by atoms with Crippen LogP contribution in [0.25, 0.3) is 6.08 Å². The van der Waals surface area contributed by atoms with Gasteiger partial charge in [0.25, 0.3) is 0 Å². The molecule has 0 amide bonds. The lowest BCUT2D eigenvalue weighted by Crippen LogP contribution is -2.33. The van der Waals surface area contributed by atoms with E-state index in [0.29, 0.717) is 5.92 Å². The molecular formula is C21H25ClN2. The van der Waals surface area contributed by atoms with E-state index in [-0.39, 0.29) is 0 Å². The summed E-state index contributed by atoms with van der Waals surface area (Å²) in [5.41, 5.74) is 11.0. The Morgan fingerprint density at radius 1 is 1.12 bits per heavy atom. The molecule has 1 aliphatic rings. The lowest BCUT2D eigenvalue weighted by Gasteiger charge is -2.32. The smallest absolute Gasteiger partial charge is 0.0406 e. The molecule has 1 aliphatic heterocycles. The van der Waals surface area contributed by atoms with E-state index in [9.17, 15) is 0 Å². The Hall–Kier alpha value is -1.77. The molecule has 0 aromatic heterocycles. The molecule has 1 heterocycles. The Bertz CT molecular complexity index is 698. The number of nitrogen functional groups attached to an aromatic ring is 1. The maximum atomic E-state index is 6.18. The van der Waals surface area contributed by atoms with Gasteiger partial charge in [-0.3, -0.25) is 4.90 Å². The van der Waals surface area contributed by atoms with Gasteiger partial charge in [-0.05, 0) is 68.1 Å². The fourth-order valence-electron chi connectivity index (χ4n) is 3.39. The normalized spacial score (nSPS) is 16.8. The summed E-state index contributed by atoms with van der Waals surface area (Å²) < 4.78 is 0. The summed E-state index contributed by atoms with van der Waals surface area (Å²) in [6.07, 6.45) is 6.77. The second kappa shape index (κ2) is 7.87. The molecule has 24 heavy (non-hydrogen) atoms. The van der Waals surface area contributed by atoms with Gasteiger partial charge in [0.15, 0.2) is 0 Å².